The second-order valence-corrected chi connectivity index (χ2v) is 8.27. The zero-order valence-corrected chi connectivity index (χ0v) is 16.1. The smallest absolute Gasteiger partial charge is 0.166 e. The van der Waals surface area contributed by atoms with Crippen LogP contribution in [-0.4, -0.2) is 31.3 Å². The highest BCUT2D eigenvalue weighted by molar-refractivity contribution is 6.04. The number of hydrogen-bond acceptors (Lipinski definition) is 4. The Kier molecular flexibility index (Phi) is 4.31. The molecule has 2 aliphatic heterocycles. The van der Waals surface area contributed by atoms with Gasteiger partial charge in [-0.25, -0.2) is 0 Å². The predicted octanol–water partition coefficient (Wildman–Crippen LogP) is 3.84. The van der Waals surface area contributed by atoms with Crippen LogP contribution in [0.2, 0.25) is 0 Å². The van der Waals surface area contributed by atoms with Crippen molar-refractivity contribution in [1.82, 2.24) is 5.32 Å². The van der Waals surface area contributed by atoms with Gasteiger partial charge >= 0.3 is 0 Å². The average Bonchev–Trinajstić information content (AvgIpc) is 3.10. The molecule has 1 saturated heterocycles. The lowest BCUT2D eigenvalue weighted by molar-refractivity contribution is 0.0971. The van der Waals surface area contributed by atoms with Crippen molar-refractivity contribution in [1.29, 1.82) is 0 Å². The minimum absolute atomic E-state index is 0.0344. The number of ketones is 2. The zero-order chi connectivity index (χ0) is 19.3. The molecule has 0 bridgehead atoms. The Balaban J connectivity index is 1.50. The van der Waals surface area contributed by atoms with Crippen LogP contribution in [-0.2, 0) is 0 Å². The van der Waals surface area contributed by atoms with Crippen LogP contribution in [0.4, 0.5) is 0 Å². The van der Waals surface area contributed by atoms with Crippen molar-refractivity contribution in [3.63, 3.8) is 0 Å². The third kappa shape index (κ3) is 2.87. The van der Waals surface area contributed by atoms with Gasteiger partial charge in [0.15, 0.2) is 11.6 Å². The maximum atomic E-state index is 13.1. The quantitative estimate of drug-likeness (QED) is 0.780. The highest BCUT2D eigenvalue weighted by Crippen LogP contribution is 2.51. The summed E-state index contributed by atoms with van der Waals surface area (Å²) in [7, 11) is 0. The molecule has 2 aromatic rings. The summed E-state index contributed by atoms with van der Waals surface area (Å²) in [6, 6.07) is 13.9. The summed E-state index contributed by atoms with van der Waals surface area (Å²) in [6.07, 6.45) is 0.994. The highest BCUT2D eigenvalue weighted by atomic mass is 16.5. The van der Waals surface area contributed by atoms with Crippen molar-refractivity contribution >= 4 is 11.6 Å². The van der Waals surface area contributed by atoms with Gasteiger partial charge in [-0.1, -0.05) is 37.3 Å². The van der Waals surface area contributed by atoms with Gasteiger partial charge in [-0.3, -0.25) is 9.59 Å². The lowest BCUT2D eigenvalue weighted by Crippen LogP contribution is -2.16. The molecule has 2 aromatic carbocycles. The Morgan fingerprint density at radius 3 is 2.54 bits per heavy atom. The van der Waals surface area contributed by atoms with Crippen LogP contribution in [0, 0.1) is 17.8 Å². The third-order valence-electron chi connectivity index (χ3n) is 6.72. The maximum absolute atomic E-state index is 13.1. The molecule has 0 spiro atoms. The molecule has 144 valence electrons. The highest BCUT2D eigenvalue weighted by Gasteiger charge is 2.53. The monoisotopic (exact) mass is 375 g/mol. The molecule has 4 atom stereocenters. The molecule has 3 aliphatic rings. The molecule has 0 aromatic heterocycles. The molecule has 1 saturated carbocycles. The summed E-state index contributed by atoms with van der Waals surface area (Å²) in [6.45, 7) is 4.44. The van der Waals surface area contributed by atoms with Crippen molar-refractivity contribution in [3.05, 3.63) is 64.7 Å². The fourth-order valence-corrected chi connectivity index (χ4v) is 5.03. The van der Waals surface area contributed by atoms with Crippen molar-refractivity contribution in [2.75, 3.05) is 19.7 Å². The lowest BCUT2D eigenvalue weighted by Gasteiger charge is -2.13. The van der Waals surface area contributed by atoms with E-state index in [1.807, 2.05) is 31.2 Å². The van der Waals surface area contributed by atoms with Gasteiger partial charge < -0.3 is 10.1 Å². The number of nitrogens with one attached hydrogen (secondary N) is 1. The summed E-state index contributed by atoms with van der Waals surface area (Å²) in [4.78, 5) is 25.6. The minimum atomic E-state index is 0.0344. The van der Waals surface area contributed by atoms with Crippen LogP contribution in [0.1, 0.15) is 57.5 Å². The van der Waals surface area contributed by atoms with Crippen molar-refractivity contribution in [3.8, 4) is 5.75 Å². The Morgan fingerprint density at radius 1 is 1.07 bits per heavy atom. The first-order valence-corrected chi connectivity index (χ1v) is 10.3. The van der Waals surface area contributed by atoms with Gasteiger partial charge in [0, 0.05) is 29.9 Å². The molecule has 0 amide bonds. The summed E-state index contributed by atoms with van der Waals surface area (Å²) >= 11 is 0. The second kappa shape index (κ2) is 6.85. The van der Waals surface area contributed by atoms with E-state index in [4.69, 9.17) is 4.74 Å². The molecule has 2 fully saturated rings. The van der Waals surface area contributed by atoms with Gasteiger partial charge in [0.25, 0.3) is 0 Å². The number of hydrogen-bond donors (Lipinski definition) is 1. The molecule has 4 nitrogen and oxygen atoms in total. The topological polar surface area (TPSA) is 55.4 Å². The zero-order valence-electron chi connectivity index (χ0n) is 16.1. The van der Waals surface area contributed by atoms with Crippen LogP contribution in [0.15, 0.2) is 42.5 Å². The number of Topliss-reactive ketones (excluding diaryl/α,β-unsaturated/α-hetero) is 2. The van der Waals surface area contributed by atoms with E-state index in [1.165, 1.54) is 0 Å². The number of piperidine rings is 1. The summed E-state index contributed by atoms with van der Waals surface area (Å²) in [5.74, 6) is 2.76. The fraction of sp³-hybridized carbons (Fsp3) is 0.417. The molecule has 1 unspecified atom stereocenters. The SMILES string of the molecule is CCC(=O)c1cc(C(=O)CC2[C@H]3CNC[C@@H]23)cc2c1OC[C@@H]2c1ccccc1. The summed E-state index contributed by atoms with van der Waals surface area (Å²) in [5, 5.41) is 3.38. The molecular formula is C24H25NO3. The molecule has 28 heavy (non-hydrogen) atoms. The third-order valence-corrected chi connectivity index (χ3v) is 6.72. The number of carbonyl (C=O) groups is 2. The van der Waals surface area contributed by atoms with Gasteiger partial charge in [0.05, 0.1) is 12.2 Å². The van der Waals surface area contributed by atoms with Gasteiger partial charge in [0.1, 0.15) is 5.75 Å². The van der Waals surface area contributed by atoms with E-state index in [1.54, 1.807) is 6.07 Å². The number of fused-ring (bicyclic) bond motifs is 2. The lowest BCUT2D eigenvalue weighted by atomic mass is 9.88. The van der Waals surface area contributed by atoms with Crippen LogP contribution in [0.25, 0.3) is 0 Å². The Bertz CT molecular complexity index is 926. The Morgan fingerprint density at radius 2 is 1.82 bits per heavy atom. The predicted molar refractivity (Wildman–Crippen MR) is 107 cm³/mol. The van der Waals surface area contributed by atoms with E-state index in [2.05, 4.69) is 17.4 Å². The first-order valence-electron chi connectivity index (χ1n) is 10.3. The largest absolute Gasteiger partial charge is 0.492 e. The molecule has 5 rings (SSSR count). The Hall–Kier alpha value is -2.46. The van der Waals surface area contributed by atoms with Crippen LogP contribution >= 0.6 is 0 Å². The first-order chi connectivity index (χ1) is 13.7. The molecule has 2 heterocycles. The number of carbonyl (C=O) groups excluding carboxylic acids is 2. The van der Waals surface area contributed by atoms with Gasteiger partial charge in [-0.05, 0) is 48.5 Å². The summed E-state index contributed by atoms with van der Waals surface area (Å²) in [5.41, 5.74) is 3.37. The average molecular weight is 375 g/mol. The number of ether oxygens (including phenoxy) is 1. The maximum Gasteiger partial charge on any atom is 0.166 e. The van der Waals surface area contributed by atoms with Gasteiger partial charge in [-0.2, -0.15) is 0 Å². The van der Waals surface area contributed by atoms with Crippen LogP contribution in [0.5, 0.6) is 5.75 Å². The van der Waals surface area contributed by atoms with Crippen LogP contribution in [0.3, 0.4) is 0 Å². The van der Waals surface area contributed by atoms with E-state index in [0.29, 0.717) is 54.1 Å². The molecule has 1 aliphatic carbocycles. The van der Waals surface area contributed by atoms with E-state index < -0.39 is 0 Å². The van der Waals surface area contributed by atoms with Gasteiger partial charge in [-0.15, -0.1) is 0 Å². The number of benzene rings is 2. The van der Waals surface area contributed by atoms with E-state index >= 15 is 0 Å². The molecular weight excluding hydrogens is 350 g/mol. The molecule has 0 radical (unpaired) electrons. The van der Waals surface area contributed by atoms with Crippen molar-refractivity contribution in [2.24, 2.45) is 17.8 Å². The summed E-state index contributed by atoms with van der Waals surface area (Å²) < 4.78 is 5.97. The Labute approximate surface area is 165 Å². The van der Waals surface area contributed by atoms with E-state index in [0.717, 1.165) is 24.2 Å². The van der Waals surface area contributed by atoms with Crippen molar-refractivity contribution < 1.29 is 14.3 Å². The van der Waals surface area contributed by atoms with Gasteiger partial charge in [0.2, 0.25) is 0 Å². The van der Waals surface area contributed by atoms with E-state index in [9.17, 15) is 9.59 Å². The fourth-order valence-electron chi connectivity index (χ4n) is 5.03. The standard InChI is InChI=1S/C24H25NO3/c1-2-22(26)18-9-15(23(27)10-16-19-11-25-12-20(16)19)8-17-21(13-28-24(17)18)14-6-4-3-5-7-14/h3-9,16,19-21,25H,2,10-13H2,1H3/t16?,19-,20+,21-/m1/s1. The van der Waals surface area contributed by atoms with E-state index in [-0.39, 0.29) is 17.5 Å². The van der Waals surface area contributed by atoms with Crippen molar-refractivity contribution in [2.45, 2.75) is 25.7 Å². The molecule has 1 N–H and O–H groups in total. The molecule has 4 heteroatoms. The van der Waals surface area contributed by atoms with Crippen LogP contribution < -0.4 is 10.1 Å². The normalized spacial score (nSPS) is 27.0. The minimum Gasteiger partial charge on any atom is -0.492 e. The second-order valence-electron chi connectivity index (χ2n) is 8.27. The number of rotatable bonds is 6. The first kappa shape index (κ1) is 17.6.